The fourth-order valence-electron chi connectivity index (χ4n) is 3.08. The zero-order chi connectivity index (χ0) is 18.4. The third kappa shape index (κ3) is 4.47. The average Bonchev–Trinajstić information content (AvgIpc) is 2.68. The van der Waals surface area contributed by atoms with Crippen LogP contribution in [0, 0.1) is 10.1 Å². The van der Waals surface area contributed by atoms with E-state index < -0.39 is 4.92 Å². The number of anilines is 2. The average molecular weight is 351 g/mol. The highest BCUT2D eigenvalue weighted by Gasteiger charge is 2.14. The van der Waals surface area contributed by atoms with Crippen LogP contribution in [-0.4, -0.2) is 23.9 Å². The summed E-state index contributed by atoms with van der Waals surface area (Å²) in [5, 5.41) is 13.7. The molecule has 6 heteroatoms. The quantitative estimate of drug-likeness (QED) is 0.497. The largest absolute Gasteiger partial charge is 0.370 e. The molecule has 2 aromatic rings. The van der Waals surface area contributed by atoms with Gasteiger partial charge in [0.1, 0.15) is 0 Å². The van der Waals surface area contributed by atoms with E-state index in [1.807, 2.05) is 24.3 Å². The summed E-state index contributed by atoms with van der Waals surface area (Å²) in [4.78, 5) is 24.9. The number of non-ortho nitro benzene ring substituents is 1. The predicted octanol–water partition coefficient (Wildman–Crippen LogP) is 4.24. The molecule has 1 heterocycles. The van der Waals surface area contributed by atoms with Crippen molar-refractivity contribution in [2.45, 2.75) is 19.3 Å². The minimum atomic E-state index is -0.452. The Labute approximate surface area is 152 Å². The van der Waals surface area contributed by atoms with Crippen LogP contribution in [0.1, 0.15) is 24.8 Å². The summed E-state index contributed by atoms with van der Waals surface area (Å²) in [5.41, 5.74) is 2.43. The normalized spacial score (nSPS) is 14.4. The van der Waals surface area contributed by atoms with Gasteiger partial charge < -0.3 is 10.2 Å². The lowest BCUT2D eigenvalue weighted by molar-refractivity contribution is -0.384. The van der Waals surface area contributed by atoms with Crippen LogP contribution in [0.15, 0.2) is 54.6 Å². The number of amides is 1. The van der Waals surface area contributed by atoms with E-state index in [4.69, 9.17) is 0 Å². The summed E-state index contributed by atoms with van der Waals surface area (Å²) in [6.07, 6.45) is 6.54. The Morgan fingerprint density at radius 2 is 1.85 bits per heavy atom. The van der Waals surface area contributed by atoms with Crippen molar-refractivity contribution in [2.75, 3.05) is 23.3 Å². The van der Waals surface area contributed by atoms with Crippen molar-refractivity contribution in [3.63, 3.8) is 0 Å². The zero-order valence-electron chi connectivity index (χ0n) is 14.4. The van der Waals surface area contributed by atoms with Gasteiger partial charge in [-0.25, -0.2) is 0 Å². The minimum absolute atomic E-state index is 0.00278. The molecule has 1 N–H and O–H groups in total. The molecule has 0 aliphatic carbocycles. The van der Waals surface area contributed by atoms with Crippen molar-refractivity contribution in [3.8, 4) is 0 Å². The van der Waals surface area contributed by atoms with Crippen molar-refractivity contribution >= 4 is 29.0 Å². The second-order valence-electron chi connectivity index (χ2n) is 6.24. The zero-order valence-corrected chi connectivity index (χ0v) is 14.4. The molecular formula is C20H21N3O3. The third-order valence-electron chi connectivity index (χ3n) is 4.37. The highest BCUT2D eigenvalue weighted by Crippen LogP contribution is 2.28. The van der Waals surface area contributed by atoms with Gasteiger partial charge in [-0.1, -0.05) is 24.3 Å². The van der Waals surface area contributed by atoms with Gasteiger partial charge >= 0.3 is 0 Å². The molecular weight excluding hydrogens is 330 g/mol. The number of hydrogen-bond acceptors (Lipinski definition) is 4. The van der Waals surface area contributed by atoms with Crippen molar-refractivity contribution < 1.29 is 9.72 Å². The van der Waals surface area contributed by atoms with Crippen molar-refractivity contribution in [1.82, 2.24) is 0 Å². The van der Waals surface area contributed by atoms with Crippen molar-refractivity contribution in [1.29, 1.82) is 0 Å². The molecule has 26 heavy (non-hydrogen) atoms. The van der Waals surface area contributed by atoms with E-state index in [0.717, 1.165) is 37.3 Å². The maximum absolute atomic E-state index is 12.3. The van der Waals surface area contributed by atoms with Crippen LogP contribution in [0.25, 0.3) is 6.08 Å². The van der Waals surface area contributed by atoms with Crippen LogP contribution in [0.4, 0.5) is 17.1 Å². The number of carbonyl (C=O) groups is 1. The molecule has 1 fully saturated rings. The van der Waals surface area contributed by atoms with Gasteiger partial charge in [0.25, 0.3) is 5.69 Å². The Bertz CT molecular complexity index is 827. The smallest absolute Gasteiger partial charge is 0.270 e. The van der Waals surface area contributed by atoms with Crippen LogP contribution < -0.4 is 10.2 Å². The van der Waals surface area contributed by atoms with Gasteiger partial charge in [-0.2, -0.15) is 0 Å². The van der Waals surface area contributed by atoms with E-state index in [9.17, 15) is 14.9 Å². The Morgan fingerprint density at radius 1 is 1.08 bits per heavy atom. The first-order chi connectivity index (χ1) is 12.6. The fourth-order valence-corrected chi connectivity index (χ4v) is 3.08. The summed E-state index contributed by atoms with van der Waals surface area (Å²) in [6, 6.07) is 14.0. The lowest BCUT2D eigenvalue weighted by Gasteiger charge is -2.30. The Hall–Kier alpha value is -3.15. The van der Waals surface area contributed by atoms with E-state index in [1.165, 1.54) is 24.6 Å². The molecule has 0 unspecified atom stereocenters. The van der Waals surface area contributed by atoms with E-state index in [0.29, 0.717) is 5.56 Å². The molecule has 0 radical (unpaired) electrons. The summed E-state index contributed by atoms with van der Waals surface area (Å²) in [7, 11) is 0. The van der Waals surface area contributed by atoms with Gasteiger partial charge in [0.05, 0.1) is 16.3 Å². The molecule has 134 valence electrons. The SMILES string of the molecule is O=C(C=Cc1cccc([N+](=O)[O-])c1)Nc1ccccc1N1CCCCC1. The van der Waals surface area contributed by atoms with E-state index >= 15 is 0 Å². The second-order valence-corrected chi connectivity index (χ2v) is 6.24. The van der Waals surface area contributed by atoms with Gasteiger partial charge in [-0.05, 0) is 43.0 Å². The Balaban J connectivity index is 1.70. The first-order valence-corrected chi connectivity index (χ1v) is 8.71. The highest BCUT2D eigenvalue weighted by molar-refractivity contribution is 6.03. The minimum Gasteiger partial charge on any atom is -0.370 e. The van der Waals surface area contributed by atoms with Gasteiger partial charge in [0, 0.05) is 31.3 Å². The van der Waals surface area contributed by atoms with E-state index in [2.05, 4.69) is 10.2 Å². The van der Waals surface area contributed by atoms with Crippen molar-refractivity contribution in [3.05, 3.63) is 70.3 Å². The van der Waals surface area contributed by atoms with Crippen LogP contribution in [-0.2, 0) is 4.79 Å². The number of nitro groups is 1. The van der Waals surface area contributed by atoms with Crippen molar-refractivity contribution in [2.24, 2.45) is 0 Å². The summed E-state index contributed by atoms with van der Waals surface area (Å²) in [6.45, 7) is 1.99. The second kappa shape index (κ2) is 8.29. The molecule has 1 aliphatic heterocycles. The van der Waals surface area contributed by atoms with Gasteiger partial charge in [-0.3, -0.25) is 14.9 Å². The molecule has 0 atom stereocenters. The van der Waals surface area contributed by atoms with Crippen LogP contribution in [0.5, 0.6) is 0 Å². The molecule has 0 saturated carbocycles. The van der Waals surface area contributed by atoms with E-state index in [-0.39, 0.29) is 11.6 Å². The van der Waals surface area contributed by atoms with Crippen LogP contribution >= 0.6 is 0 Å². The number of para-hydroxylation sites is 2. The highest BCUT2D eigenvalue weighted by atomic mass is 16.6. The number of benzene rings is 2. The first kappa shape index (κ1) is 17.7. The standard InChI is InChI=1S/C20H21N3O3/c24-20(12-11-16-7-6-8-17(15-16)23(25)26)21-18-9-2-3-10-19(18)22-13-4-1-5-14-22/h2-3,6-12,15H,1,4-5,13-14H2,(H,21,24). The number of carbonyl (C=O) groups excluding carboxylic acids is 1. The van der Waals surface area contributed by atoms with Gasteiger partial charge in [-0.15, -0.1) is 0 Å². The molecule has 6 nitrogen and oxygen atoms in total. The number of nitrogens with zero attached hydrogens (tertiary/aromatic N) is 2. The lowest BCUT2D eigenvalue weighted by atomic mass is 10.1. The first-order valence-electron chi connectivity index (χ1n) is 8.71. The molecule has 1 aliphatic rings. The maximum atomic E-state index is 12.3. The van der Waals surface area contributed by atoms with Crippen LogP contribution in [0.3, 0.4) is 0 Å². The van der Waals surface area contributed by atoms with Gasteiger partial charge in [0.15, 0.2) is 0 Å². The van der Waals surface area contributed by atoms with Gasteiger partial charge in [0.2, 0.25) is 5.91 Å². The molecule has 0 bridgehead atoms. The maximum Gasteiger partial charge on any atom is 0.270 e. The number of hydrogen-bond donors (Lipinski definition) is 1. The third-order valence-corrected chi connectivity index (χ3v) is 4.37. The molecule has 0 spiro atoms. The summed E-state index contributed by atoms with van der Waals surface area (Å²) >= 11 is 0. The molecule has 2 aromatic carbocycles. The molecule has 1 saturated heterocycles. The predicted molar refractivity (Wildman–Crippen MR) is 103 cm³/mol. The molecule has 3 rings (SSSR count). The summed E-state index contributed by atoms with van der Waals surface area (Å²) < 4.78 is 0. The number of piperidine rings is 1. The lowest BCUT2D eigenvalue weighted by Crippen LogP contribution is -2.30. The Kier molecular flexibility index (Phi) is 5.63. The van der Waals surface area contributed by atoms with Crippen LogP contribution in [0.2, 0.25) is 0 Å². The molecule has 1 amide bonds. The summed E-state index contributed by atoms with van der Waals surface area (Å²) in [5.74, 6) is -0.263. The fraction of sp³-hybridized carbons (Fsp3) is 0.250. The van der Waals surface area contributed by atoms with E-state index in [1.54, 1.807) is 18.2 Å². The number of nitrogens with one attached hydrogen (secondary N) is 1. The number of rotatable bonds is 5. The Morgan fingerprint density at radius 3 is 2.62 bits per heavy atom. The molecule has 0 aromatic heterocycles. The topological polar surface area (TPSA) is 75.5 Å². The number of nitro benzene ring substituents is 1. The monoisotopic (exact) mass is 351 g/mol.